The van der Waals surface area contributed by atoms with Crippen LogP contribution in [-0.2, 0) is 5.41 Å². The van der Waals surface area contributed by atoms with Crippen LogP contribution >= 0.6 is 11.8 Å². The van der Waals surface area contributed by atoms with Crippen LogP contribution in [0.5, 0.6) is 11.5 Å². The number of methoxy groups -OCH3 is 1. The zero-order valence-corrected chi connectivity index (χ0v) is 15.0. The number of thioether (sulfide) groups is 1. The molecule has 0 bridgehead atoms. The molecule has 4 heteroatoms. The Morgan fingerprint density at radius 1 is 1.13 bits per heavy atom. The molecule has 1 aromatic carbocycles. The fourth-order valence-corrected chi connectivity index (χ4v) is 4.97. The lowest BCUT2D eigenvalue weighted by Crippen LogP contribution is -2.37. The van der Waals surface area contributed by atoms with Crippen molar-refractivity contribution in [2.45, 2.75) is 56.5 Å². The number of nitrogens with two attached hydrogens (primary N) is 1. The molecular formula is C19H29NO2S. The molecule has 3 nitrogen and oxygen atoms in total. The van der Waals surface area contributed by atoms with Gasteiger partial charge < -0.3 is 15.2 Å². The Bertz CT molecular complexity index is 508. The van der Waals surface area contributed by atoms with Crippen molar-refractivity contribution in [2.24, 2.45) is 5.73 Å². The summed E-state index contributed by atoms with van der Waals surface area (Å²) >= 11 is 2.02. The van der Waals surface area contributed by atoms with Gasteiger partial charge in [-0.1, -0.05) is 25.3 Å². The molecule has 2 N–H and O–H groups in total. The fourth-order valence-electron chi connectivity index (χ4n) is 3.91. The van der Waals surface area contributed by atoms with Gasteiger partial charge in [-0.25, -0.2) is 0 Å². The Kier molecular flexibility index (Phi) is 5.76. The van der Waals surface area contributed by atoms with Gasteiger partial charge in [-0.3, -0.25) is 0 Å². The highest BCUT2D eigenvalue weighted by Gasteiger charge is 2.33. The minimum atomic E-state index is 0.130. The first kappa shape index (κ1) is 17.0. The van der Waals surface area contributed by atoms with E-state index < -0.39 is 0 Å². The molecule has 0 radical (unpaired) electrons. The van der Waals surface area contributed by atoms with Gasteiger partial charge in [0.1, 0.15) is 6.10 Å². The van der Waals surface area contributed by atoms with E-state index in [4.69, 9.17) is 15.2 Å². The maximum Gasteiger partial charge on any atom is 0.161 e. The van der Waals surface area contributed by atoms with Crippen LogP contribution in [0.1, 0.15) is 50.5 Å². The molecule has 1 aromatic rings. The van der Waals surface area contributed by atoms with E-state index in [1.54, 1.807) is 7.11 Å². The molecule has 2 fully saturated rings. The van der Waals surface area contributed by atoms with Gasteiger partial charge in [0.2, 0.25) is 0 Å². The van der Waals surface area contributed by atoms with Gasteiger partial charge in [0, 0.05) is 12.0 Å². The third-order valence-electron chi connectivity index (χ3n) is 5.44. The van der Waals surface area contributed by atoms with Crippen molar-refractivity contribution < 1.29 is 9.47 Å². The molecule has 23 heavy (non-hydrogen) atoms. The molecule has 0 aromatic heterocycles. The number of hydrogen-bond donors (Lipinski definition) is 1. The van der Waals surface area contributed by atoms with E-state index in [9.17, 15) is 0 Å². The van der Waals surface area contributed by atoms with E-state index in [1.165, 1.54) is 49.2 Å². The van der Waals surface area contributed by atoms with Crippen molar-refractivity contribution >= 4 is 11.8 Å². The molecule has 0 atom stereocenters. The first-order valence-corrected chi connectivity index (χ1v) is 10.1. The van der Waals surface area contributed by atoms with Crippen molar-refractivity contribution in [3.05, 3.63) is 23.8 Å². The standard InChI is InChI=1S/C19H29NO2S/c1-21-17-6-5-15(19(14-20)9-3-2-4-10-19)13-18(17)22-16-7-11-23-12-8-16/h5-6,13,16H,2-4,7-12,14,20H2,1H3. The molecule has 1 saturated heterocycles. The van der Waals surface area contributed by atoms with Gasteiger partial charge in [-0.2, -0.15) is 11.8 Å². The molecule has 1 heterocycles. The lowest BCUT2D eigenvalue weighted by atomic mass is 9.69. The van der Waals surface area contributed by atoms with Crippen molar-refractivity contribution in [1.82, 2.24) is 0 Å². The number of benzene rings is 1. The van der Waals surface area contributed by atoms with E-state index in [-0.39, 0.29) is 5.41 Å². The van der Waals surface area contributed by atoms with Gasteiger partial charge in [0.05, 0.1) is 7.11 Å². The van der Waals surface area contributed by atoms with E-state index in [0.29, 0.717) is 6.10 Å². The van der Waals surface area contributed by atoms with Gasteiger partial charge in [0.15, 0.2) is 11.5 Å². The van der Waals surface area contributed by atoms with Crippen LogP contribution in [0.4, 0.5) is 0 Å². The van der Waals surface area contributed by atoms with Crippen LogP contribution in [0.3, 0.4) is 0 Å². The summed E-state index contributed by atoms with van der Waals surface area (Å²) < 4.78 is 11.9. The predicted octanol–water partition coefficient (Wildman–Crippen LogP) is 4.13. The van der Waals surface area contributed by atoms with E-state index >= 15 is 0 Å². The van der Waals surface area contributed by atoms with E-state index in [0.717, 1.165) is 30.9 Å². The predicted molar refractivity (Wildman–Crippen MR) is 97.8 cm³/mol. The fraction of sp³-hybridized carbons (Fsp3) is 0.684. The lowest BCUT2D eigenvalue weighted by Gasteiger charge is -2.37. The summed E-state index contributed by atoms with van der Waals surface area (Å²) in [4.78, 5) is 0. The summed E-state index contributed by atoms with van der Waals surface area (Å²) in [5.74, 6) is 4.13. The van der Waals surface area contributed by atoms with Gasteiger partial charge >= 0.3 is 0 Å². The molecular weight excluding hydrogens is 306 g/mol. The average Bonchev–Trinajstić information content (AvgIpc) is 2.63. The van der Waals surface area contributed by atoms with Crippen LogP contribution in [0.2, 0.25) is 0 Å². The topological polar surface area (TPSA) is 44.5 Å². The number of hydrogen-bond acceptors (Lipinski definition) is 4. The Morgan fingerprint density at radius 2 is 1.87 bits per heavy atom. The van der Waals surface area contributed by atoms with E-state index in [1.807, 2.05) is 11.8 Å². The van der Waals surface area contributed by atoms with Crippen molar-refractivity contribution in [1.29, 1.82) is 0 Å². The van der Waals surface area contributed by atoms with Crippen LogP contribution in [0, 0.1) is 0 Å². The molecule has 1 saturated carbocycles. The third kappa shape index (κ3) is 3.80. The minimum Gasteiger partial charge on any atom is -0.493 e. The van der Waals surface area contributed by atoms with Crippen LogP contribution in [-0.4, -0.2) is 31.3 Å². The van der Waals surface area contributed by atoms with Crippen molar-refractivity contribution in [3.63, 3.8) is 0 Å². The van der Waals surface area contributed by atoms with Gasteiger partial charge in [-0.15, -0.1) is 0 Å². The SMILES string of the molecule is COc1ccc(C2(CN)CCCCC2)cc1OC1CCSCC1. The van der Waals surface area contributed by atoms with E-state index in [2.05, 4.69) is 18.2 Å². The highest BCUT2D eigenvalue weighted by Crippen LogP contribution is 2.42. The summed E-state index contributed by atoms with van der Waals surface area (Å²) in [5, 5.41) is 0. The molecule has 1 aliphatic carbocycles. The van der Waals surface area contributed by atoms with Gasteiger partial charge in [-0.05, 0) is 54.9 Å². The quantitative estimate of drug-likeness (QED) is 0.879. The summed E-state index contributed by atoms with van der Waals surface area (Å²) in [6, 6.07) is 6.47. The van der Waals surface area contributed by atoms with Crippen molar-refractivity contribution in [2.75, 3.05) is 25.2 Å². The first-order valence-electron chi connectivity index (χ1n) is 8.90. The van der Waals surface area contributed by atoms with Gasteiger partial charge in [0.25, 0.3) is 0 Å². The second kappa shape index (κ2) is 7.80. The normalized spacial score (nSPS) is 21.8. The van der Waals surface area contributed by atoms with Crippen LogP contribution in [0.25, 0.3) is 0 Å². The maximum absolute atomic E-state index is 6.32. The minimum absolute atomic E-state index is 0.130. The summed E-state index contributed by atoms with van der Waals surface area (Å²) in [7, 11) is 1.72. The Hall–Kier alpha value is -0.870. The highest BCUT2D eigenvalue weighted by atomic mass is 32.2. The molecule has 2 aliphatic rings. The zero-order valence-electron chi connectivity index (χ0n) is 14.2. The molecule has 3 rings (SSSR count). The highest BCUT2D eigenvalue weighted by molar-refractivity contribution is 7.99. The first-order chi connectivity index (χ1) is 11.3. The Balaban J connectivity index is 1.85. The Labute approximate surface area is 144 Å². The summed E-state index contributed by atoms with van der Waals surface area (Å²) in [5.41, 5.74) is 7.66. The number of ether oxygens (including phenoxy) is 2. The molecule has 1 aliphatic heterocycles. The second-order valence-corrected chi connectivity index (χ2v) is 8.07. The van der Waals surface area contributed by atoms with Crippen molar-refractivity contribution in [3.8, 4) is 11.5 Å². The third-order valence-corrected chi connectivity index (χ3v) is 6.49. The maximum atomic E-state index is 6.32. The summed E-state index contributed by atoms with van der Waals surface area (Å²) in [6.45, 7) is 0.721. The number of rotatable bonds is 5. The molecule has 128 valence electrons. The largest absolute Gasteiger partial charge is 0.493 e. The smallest absolute Gasteiger partial charge is 0.161 e. The molecule has 0 amide bonds. The van der Waals surface area contributed by atoms with Crippen LogP contribution < -0.4 is 15.2 Å². The lowest BCUT2D eigenvalue weighted by molar-refractivity contribution is 0.183. The Morgan fingerprint density at radius 3 is 2.52 bits per heavy atom. The van der Waals surface area contributed by atoms with Crippen LogP contribution in [0.15, 0.2) is 18.2 Å². The molecule has 0 spiro atoms. The zero-order chi connectivity index (χ0) is 16.1. The summed E-state index contributed by atoms with van der Waals surface area (Å²) in [6.07, 6.45) is 8.84. The monoisotopic (exact) mass is 335 g/mol. The average molecular weight is 336 g/mol. The molecule has 0 unspecified atom stereocenters. The second-order valence-electron chi connectivity index (χ2n) is 6.84.